The summed E-state index contributed by atoms with van der Waals surface area (Å²) in [4.78, 5) is 4.60. The number of imidazole rings is 1. The molecule has 0 saturated carbocycles. The van der Waals surface area contributed by atoms with Crippen LogP contribution in [-0.2, 0) is 7.05 Å². The smallest absolute Gasteiger partial charge is 0.144 e. The van der Waals surface area contributed by atoms with Crippen molar-refractivity contribution in [3.63, 3.8) is 0 Å². The zero-order valence-electron chi connectivity index (χ0n) is 10.4. The lowest BCUT2D eigenvalue weighted by molar-refractivity contribution is 0.472. The highest BCUT2D eigenvalue weighted by atomic mass is 127. The average molecular weight is 511 g/mol. The Labute approximate surface area is 148 Å². The van der Waals surface area contributed by atoms with E-state index >= 15 is 0 Å². The molecule has 0 fully saturated rings. The van der Waals surface area contributed by atoms with Crippen LogP contribution in [0.3, 0.4) is 0 Å². The van der Waals surface area contributed by atoms with Gasteiger partial charge in [0.05, 0.1) is 20.2 Å². The minimum atomic E-state index is 0.260. The van der Waals surface area contributed by atoms with E-state index in [0.717, 1.165) is 29.6 Å². The summed E-state index contributed by atoms with van der Waals surface area (Å²) in [7, 11) is 1.92. The molecule has 3 aromatic rings. The number of aromatic hydroxyl groups is 1. The summed E-state index contributed by atoms with van der Waals surface area (Å²) in [5.41, 5.74) is 2.54. The van der Waals surface area contributed by atoms with Crippen LogP contribution in [-0.4, -0.2) is 14.7 Å². The van der Waals surface area contributed by atoms with Crippen molar-refractivity contribution < 1.29 is 5.11 Å². The Morgan fingerprint density at radius 3 is 2.70 bits per heavy atom. The third-order valence-corrected chi connectivity index (χ3v) is 4.79. The maximum Gasteiger partial charge on any atom is 0.144 e. The van der Waals surface area contributed by atoms with Crippen LogP contribution in [0.4, 0.5) is 0 Å². The molecule has 0 radical (unpaired) electrons. The summed E-state index contributed by atoms with van der Waals surface area (Å²) in [5.74, 6) is 0.992. The van der Waals surface area contributed by atoms with Gasteiger partial charge in [-0.1, -0.05) is 11.6 Å². The van der Waals surface area contributed by atoms with E-state index in [4.69, 9.17) is 11.6 Å². The lowest BCUT2D eigenvalue weighted by Gasteiger charge is -2.07. The minimum Gasteiger partial charge on any atom is -0.506 e. The van der Waals surface area contributed by atoms with E-state index in [-0.39, 0.29) is 5.75 Å². The predicted molar refractivity (Wildman–Crippen MR) is 98.3 cm³/mol. The number of halogens is 3. The highest BCUT2D eigenvalue weighted by Crippen LogP contribution is 2.35. The molecule has 20 heavy (non-hydrogen) atoms. The quantitative estimate of drug-likeness (QED) is 0.478. The van der Waals surface area contributed by atoms with Crippen LogP contribution in [0.5, 0.6) is 5.75 Å². The number of hydrogen-bond donors (Lipinski definition) is 1. The molecular formula is C14H9ClI2N2O. The van der Waals surface area contributed by atoms with Crippen molar-refractivity contribution in [1.29, 1.82) is 0 Å². The van der Waals surface area contributed by atoms with Gasteiger partial charge >= 0.3 is 0 Å². The Morgan fingerprint density at radius 2 is 1.95 bits per heavy atom. The topological polar surface area (TPSA) is 38.0 Å². The third-order valence-electron chi connectivity index (χ3n) is 3.11. The standard InChI is InChI=1S/C14H9ClI2N2O/c1-19-12-4-7(15)2-3-11(12)18-14(19)9-5-8(16)6-10(17)13(9)20/h2-6,20H,1H3. The van der Waals surface area contributed by atoms with Crippen molar-refractivity contribution in [2.24, 2.45) is 7.05 Å². The maximum absolute atomic E-state index is 10.3. The van der Waals surface area contributed by atoms with Gasteiger partial charge in [0.25, 0.3) is 0 Å². The summed E-state index contributed by atoms with van der Waals surface area (Å²) >= 11 is 10.4. The Morgan fingerprint density at radius 1 is 1.20 bits per heavy atom. The largest absolute Gasteiger partial charge is 0.506 e. The van der Waals surface area contributed by atoms with Crippen molar-refractivity contribution in [2.45, 2.75) is 0 Å². The second kappa shape index (κ2) is 5.34. The van der Waals surface area contributed by atoms with Crippen LogP contribution in [0.2, 0.25) is 5.02 Å². The highest BCUT2D eigenvalue weighted by molar-refractivity contribution is 14.1. The van der Waals surface area contributed by atoms with Gasteiger partial charge in [0.1, 0.15) is 11.6 Å². The Balaban J connectivity index is 2.33. The van der Waals surface area contributed by atoms with E-state index in [2.05, 4.69) is 50.2 Å². The van der Waals surface area contributed by atoms with Gasteiger partial charge in [-0.2, -0.15) is 0 Å². The van der Waals surface area contributed by atoms with Crippen LogP contribution in [0, 0.1) is 7.14 Å². The van der Waals surface area contributed by atoms with Crippen LogP contribution in [0.1, 0.15) is 0 Å². The van der Waals surface area contributed by atoms with E-state index in [9.17, 15) is 5.11 Å². The van der Waals surface area contributed by atoms with Crippen LogP contribution in [0.15, 0.2) is 30.3 Å². The van der Waals surface area contributed by atoms with Crippen LogP contribution < -0.4 is 0 Å². The second-order valence-electron chi connectivity index (χ2n) is 4.41. The molecule has 0 atom stereocenters. The first-order chi connectivity index (χ1) is 9.47. The summed E-state index contributed by atoms with van der Waals surface area (Å²) in [6.45, 7) is 0. The molecule has 1 heterocycles. The zero-order valence-corrected chi connectivity index (χ0v) is 15.4. The minimum absolute atomic E-state index is 0.260. The highest BCUT2D eigenvalue weighted by Gasteiger charge is 2.16. The monoisotopic (exact) mass is 510 g/mol. The van der Waals surface area contributed by atoms with E-state index in [1.807, 2.05) is 41.9 Å². The molecule has 102 valence electrons. The predicted octanol–water partition coefficient (Wildman–Crippen LogP) is 4.81. The molecule has 0 aliphatic rings. The van der Waals surface area contributed by atoms with E-state index in [0.29, 0.717) is 5.02 Å². The first-order valence-electron chi connectivity index (χ1n) is 5.77. The summed E-state index contributed by atoms with van der Waals surface area (Å²) in [6, 6.07) is 9.44. The molecule has 0 aliphatic carbocycles. The van der Waals surface area contributed by atoms with Crippen molar-refractivity contribution in [2.75, 3.05) is 0 Å². The molecule has 6 heteroatoms. The number of rotatable bonds is 1. The van der Waals surface area contributed by atoms with Gasteiger partial charge in [-0.15, -0.1) is 0 Å². The maximum atomic E-state index is 10.3. The van der Waals surface area contributed by atoms with Gasteiger partial charge in [0.15, 0.2) is 0 Å². The molecule has 0 bridgehead atoms. The summed E-state index contributed by atoms with van der Waals surface area (Å²) in [6.07, 6.45) is 0. The summed E-state index contributed by atoms with van der Waals surface area (Å²) in [5, 5.41) is 11.0. The Kier molecular flexibility index (Phi) is 3.85. The van der Waals surface area contributed by atoms with Crippen molar-refractivity contribution in [3.05, 3.63) is 42.5 Å². The van der Waals surface area contributed by atoms with Crippen molar-refractivity contribution in [3.8, 4) is 17.1 Å². The van der Waals surface area contributed by atoms with Gasteiger partial charge in [-0.3, -0.25) is 0 Å². The number of phenols is 1. The third kappa shape index (κ3) is 2.39. The molecule has 2 aromatic carbocycles. The lowest BCUT2D eigenvalue weighted by atomic mass is 10.2. The molecule has 1 N–H and O–H groups in total. The number of nitrogens with zero attached hydrogens (tertiary/aromatic N) is 2. The molecule has 0 spiro atoms. The van der Waals surface area contributed by atoms with E-state index in [1.165, 1.54) is 0 Å². The SMILES string of the molecule is Cn1c(-c2cc(I)cc(I)c2O)nc2ccc(Cl)cc21. The molecule has 0 saturated heterocycles. The summed E-state index contributed by atoms with van der Waals surface area (Å²) < 4.78 is 3.82. The van der Waals surface area contributed by atoms with Crippen LogP contribution in [0.25, 0.3) is 22.4 Å². The van der Waals surface area contributed by atoms with E-state index < -0.39 is 0 Å². The Bertz CT molecular complexity index is 830. The fourth-order valence-electron chi connectivity index (χ4n) is 2.14. The molecular weight excluding hydrogens is 501 g/mol. The molecule has 1 aromatic heterocycles. The number of fused-ring (bicyclic) bond motifs is 1. The molecule has 0 amide bonds. The number of benzene rings is 2. The zero-order chi connectivity index (χ0) is 14.4. The number of aromatic nitrogens is 2. The average Bonchev–Trinajstić information content (AvgIpc) is 2.71. The van der Waals surface area contributed by atoms with E-state index in [1.54, 1.807) is 0 Å². The van der Waals surface area contributed by atoms with Gasteiger partial charge in [-0.05, 0) is 75.5 Å². The Hall–Kier alpha value is -0.540. The second-order valence-corrected chi connectivity index (χ2v) is 7.26. The number of phenolic OH excluding ortho intramolecular Hbond substituents is 1. The molecule has 3 rings (SSSR count). The van der Waals surface area contributed by atoms with Gasteiger partial charge in [-0.25, -0.2) is 4.98 Å². The fraction of sp³-hybridized carbons (Fsp3) is 0.0714. The molecule has 3 nitrogen and oxygen atoms in total. The molecule has 0 aliphatic heterocycles. The fourth-order valence-corrected chi connectivity index (χ4v) is 4.15. The van der Waals surface area contributed by atoms with Gasteiger partial charge < -0.3 is 9.67 Å². The number of hydrogen-bond acceptors (Lipinski definition) is 2. The first-order valence-corrected chi connectivity index (χ1v) is 8.31. The lowest BCUT2D eigenvalue weighted by Crippen LogP contribution is -1.94. The van der Waals surface area contributed by atoms with Crippen molar-refractivity contribution in [1.82, 2.24) is 9.55 Å². The van der Waals surface area contributed by atoms with Crippen LogP contribution >= 0.6 is 56.8 Å². The van der Waals surface area contributed by atoms with Crippen molar-refractivity contribution >= 4 is 67.8 Å². The van der Waals surface area contributed by atoms with Gasteiger partial charge in [0, 0.05) is 15.6 Å². The molecule has 0 unspecified atom stereocenters. The first kappa shape index (κ1) is 14.4. The normalized spacial score (nSPS) is 11.2. The van der Waals surface area contributed by atoms with Gasteiger partial charge in [0.2, 0.25) is 0 Å². The number of aryl methyl sites for hydroxylation is 1.